The van der Waals surface area contributed by atoms with Gasteiger partial charge in [0.15, 0.2) is 5.82 Å². The minimum Gasteiger partial charge on any atom is -0.478 e. The molecule has 1 aliphatic rings. The number of hydrogen-bond donors (Lipinski definition) is 2. The zero-order valence-electron chi connectivity index (χ0n) is 15.4. The molecule has 9 heteroatoms. The summed E-state index contributed by atoms with van der Waals surface area (Å²) in [5.41, 5.74) is 1.64. The lowest BCUT2D eigenvalue weighted by Gasteiger charge is -2.31. The van der Waals surface area contributed by atoms with Gasteiger partial charge < -0.3 is 20.1 Å². The van der Waals surface area contributed by atoms with Gasteiger partial charge in [-0.3, -0.25) is 9.55 Å². The molecule has 0 amide bonds. The lowest BCUT2D eigenvalue weighted by Crippen LogP contribution is -2.49. The van der Waals surface area contributed by atoms with Crippen LogP contribution in [0.3, 0.4) is 0 Å². The van der Waals surface area contributed by atoms with Crippen molar-refractivity contribution in [2.45, 2.75) is 25.5 Å². The monoisotopic (exact) mass is 369 g/mol. The lowest BCUT2D eigenvalue weighted by atomic mass is 10.0. The predicted octanol–water partition coefficient (Wildman–Crippen LogP) is 1.40. The number of hydrogen-bond acceptors (Lipinski definition) is 8. The zero-order valence-corrected chi connectivity index (χ0v) is 15.4. The van der Waals surface area contributed by atoms with E-state index in [-0.39, 0.29) is 12.1 Å². The second-order valence-corrected chi connectivity index (χ2v) is 6.34. The topological polar surface area (TPSA) is 99.0 Å². The maximum Gasteiger partial charge on any atom is 0.215 e. The fourth-order valence-electron chi connectivity index (χ4n) is 3.29. The number of anilines is 1. The van der Waals surface area contributed by atoms with Crippen molar-refractivity contribution >= 4 is 16.9 Å². The molecule has 2 N–H and O–H groups in total. The van der Waals surface area contributed by atoms with Crippen molar-refractivity contribution in [3.63, 3.8) is 0 Å². The number of methoxy groups -OCH3 is 1. The number of aromatic nitrogens is 5. The third-order valence-corrected chi connectivity index (χ3v) is 4.62. The van der Waals surface area contributed by atoms with Crippen LogP contribution in [0.4, 0.5) is 5.82 Å². The molecular formula is C18H23N7O2. The van der Waals surface area contributed by atoms with Crippen LogP contribution in [0.25, 0.3) is 16.9 Å². The van der Waals surface area contributed by atoms with Gasteiger partial charge in [-0.15, -0.1) is 0 Å². The van der Waals surface area contributed by atoms with E-state index in [1.165, 1.54) is 0 Å². The van der Waals surface area contributed by atoms with Crippen LogP contribution >= 0.6 is 0 Å². The number of rotatable bonds is 6. The van der Waals surface area contributed by atoms with Gasteiger partial charge in [0.25, 0.3) is 0 Å². The number of nitrogens with one attached hydrogen (secondary N) is 2. The maximum atomic E-state index is 5.58. The molecule has 0 aliphatic carbocycles. The molecular weight excluding hydrogens is 346 g/mol. The van der Waals surface area contributed by atoms with Crippen LogP contribution in [0, 0.1) is 0 Å². The Morgan fingerprint density at radius 2 is 2.22 bits per heavy atom. The molecule has 4 heterocycles. The quantitative estimate of drug-likeness (QED) is 0.673. The van der Waals surface area contributed by atoms with Crippen LogP contribution in [-0.4, -0.2) is 63.5 Å². The molecule has 2 atom stereocenters. The van der Waals surface area contributed by atoms with Crippen molar-refractivity contribution in [3.8, 4) is 11.7 Å². The molecule has 0 bridgehead atoms. The second kappa shape index (κ2) is 7.85. The first-order chi connectivity index (χ1) is 13.3. The van der Waals surface area contributed by atoms with Crippen molar-refractivity contribution in [2.24, 2.45) is 0 Å². The summed E-state index contributed by atoms with van der Waals surface area (Å²) in [6.45, 7) is 4.27. The van der Waals surface area contributed by atoms with E-state index >= 15 is 0 Å². The molecule has 0 aromatic carbocycles. The van der Waals surface area contributed by atoms with Crippen molar-refractivity contribution in [1.82, 2.24) is 29.8 Å². The van der Waals surface area contributed by atoms with Crippen molar-refractivity contribution in [2.75, 3.05) is 32.1 Å². The summed E-state index contributed by atoms with van der Waals surface area (Å²) in [4.78, 5) is 17.8. The van der Waals surface area contributed by atoms with E-state index in [2.05, 4.69) is 25.6 Å². The smallest absolute Gasteiger partial charge is 0.215 e. The molecule has 1 saturated heterocycles. The molecule has 3 aromatic rings. The molecule has 9 nitrogen and oxygen atoms in total. The number of imidazole rings is 1. The average molecular weight is 369 g/mol. The molecule has 0 unspecified atom stereocenters. The van der Waals surface area contributed by atoms with Gasteiger partial charge in [-0.25, -0.2) is 15.0 Å². The van der Waals surface area contributed by atoms with Crippen LogP contribution < -0.4 is 15.4 Å². The zero-order chi connectivity index (χ0) is 18.6. The van der Waals surface area contributed by atoms with Crippen molar-refractivity contribution in [1.29, 1.82) is 0 Å². The maximum absolute atomic E-state index is 5.58. The van der Waals surface area contributed by atoms with E-state index in [0.29, 0.717) is 24.1 Å². The van der Waals surface area contributed by atoms with E-state index in [0.717, 1.165) is 30.5 Å². The van der Waals surface area contributed by atoms with Crippen LogP contribution in [-0.2, 0) is 4.74 Å². The van der Waals surface area contributed by atoms with Crippen molar-refractivity contribution in [3.05, 3.63) is 31.0 Å². The third-order valence-electron chi connectivity index (χ3n) is 4.62. The molecule has 142 valence electrons. The molecule has 1 aliphatic heterocycles. The van der Waals surface area contributed by atoms with E-state index in [4.69, 9.17) is 14.5 Å². The Morgan fingerprint density at radius 1 is 1.30 bits per heavy atom. The minimum absolute atomic E-state index is 0.142. The highest BCUT2D eigenvalue weighted by Gasteiger charge is 2.25. The highest BCUT2D eigenvalue weighted by Crippen LogP contribution is 2.20. The summed E-state index contributed by atoms with van der Waals surface area (Å²) >= 11 is 0. The minimum atomic E-state index is 0.142. The highest BCUT2D eigenvalue weighted by molar-refractivity contribution is 5.77. The summed E-state index contributed by atoms with van der Waals surface area (Å²) in [5.74, 6) is 1.93. The average Bonchev–Trinajstić information content (AvgIpc) is 3.12. The van der Waals surface area contributed by atoms with Gasteiger partial charge in [-0.05, 0) is 19.9 Å². The van der Waals surface area contributed by atoms with Gasteiger partial charge in [-0.2, -0.15) is 0 Å². The fraction of sp³-hybridized carbons (Fsp3) is 0.444. The Bertz CT molecular complexity index is 914. The van der Waals surface area contributed by atoms with E-state index < -0.39 is 0 Å². The predicted molar refractivity (Wildman–Crippen MR) is 101 cm³/mol. The van der Waals surface area contributed by atoms with E-state index in [9.17, 15) is 0 Å². The SMILES string of the molecule is CCOc1cc2ncn(-c3cncc(N[C@H]4CNCC[C@@H]4OC)n3)c2cn1. The lowest BCUT2D eigenvalue weighted by molar-refractivity contribution is 0.0664. The van der Waals surface area contributed by atoms with Crippen molar-refractivity contribution < 1.29 is 9.47 Å². The summed E-state index contributed by atoms with van der Waals surface area (Å²) in [5, 5.41) is 6.80. The highest BCUT2D eigenvalue weighted by atomic mass is 16.5. The first kappa shape index (κ1) is 17.6. The summed E-state index contributed by atoms with van der Waals surface area (Å²) < 4.78 is 12.9. The van der Waals surface area contributed by atoms with Gasteiger partial charge in [-0.1, -0.05) is 0 Å². The first-order valence-electron chi connectivity index (χ1n) is 9.07. The molecule has 4 rings (SSSR count). The first-order valence-corrected chi connectivity index (χ1v) is 9.07. The molecule has 3 aromatic heterocycles. The Hall–Kier alpha value is -2.78. The third kappa shape index (κ3) is 3.69. The normalized spacial score (nSPS) is 19.9. The van der Waals surface area contributed by atoms with Gasteiger partial charge >= 0.3 is 0 Å². The van der Waals surface area contributed by atoms with E-state index in [1.54, 1.807) is 32.0 Å². The Kier molecular flexibility index (Phi) is 5.12. The fourth-order valence-corrected chi connectivity index (χ4v) is 3.29. The molecule has 27 heavy (non-hydrogen) atoms. The molecule has 0 spiro atoms. The number of pyridine rings is 1. The standard InChI is InChI=1S/C18H23N7O2/c1-3-27-18-6-12-14(8-21-18)25(11-22-12)17-10-20-9-16(24-17)23-13-7-19-5-4-15(13)26-2/h6,8-11,13,15,19H,3-5,7H2,1-2H3,(H,23,24)/t13-,15-/m0/s1. The number of ether oxygens (including phenoxy) is 2. The molecule has 0 saturated carbocycles. The van der Waals surface area contributed by atoms with Crippen LogP contribution in [0.5, 0.6) is 5.88 Å². The molecule has 1 fully saturated rings. The Morgan fingerprint density at radius 3 is 3.07 bits per heavy atom. The summed E-state index contributed by atoms with van der Waals surface area (Å²) in [7, 11) is 1.74. The Balaban J connectivity index is 1.59. The van der Waals surface area contributed by atoms with Crippen LogP contribution in [0.15, 0.2) is 31.0 Å². The van der Waals surface area contributed by atoms with Gasteiger partial charge in [0.05, 0.1) is 48.4 Å². The van der Waals surface area contributed by atoms with Gasteiger partial charge in [0.2, 0.25) is 5.88 Å². The number of nitrogens with zero attached hydrogens (tertiary/aromatic N) is 5. The van der Waals surface area contributed by atoms with Crippen LogP contribution in [0.2, 0.25) is 0 Å². The summed E-state index contributed by atoms with van der Waals surface area (Å²) in [6.07, 6.45) is 7.98. The Labute approximate surface area is 157 Å². The second-order valence-electron chi connectivity index (χ2n) is 6.34. The van der Waals surface area contributed by atoms with Gasteiger partial charge in [0.1, 0.15) is 12.1 Å². The van der Waals surface area contributed by atoms with Crippen LogP contribution in [0.1, 0.15) is 13.3 Å². The largest absolute Gasteiger partial charge is 0.478 e. The number of piperidine rings is 1. The molecule has 0 radical (unpaired) electrons. The van der Waals surface area contributed by atoms with E-state index in [1.807, 2.05) is 17.6 Å². The number of fused-ring (bicyclic) bond motifs is 1. The van der Waals surface area contributed by atoms with Gasteiger partial charge in [0, 0.05) is 19.7 Å². The summed E-state index contributed by atoms with van der Waals surface area (Å²) in [6, 6.07) is 1.96.